The summed E-state index contributed by atoms with van der Waals surface area (Å²) in [5.41, 5.74) is 12.0. The zero-order valence-electron chi connectivity index (χ0n) is 36.4. The van der Waals surface area contributed by atoms with Crippen LogP contribution < -0.4 is 5.32 Å². The van der Waals surface area contributed by atoms with Crippen molar-refractivity contribution in [3.63, 3.8) is 0 Å². The number of aromatic nitrogens is 8. The van der Waals surface area contributed by atoms with Crippen molar-refractivity contribution in [1.29, 1.82) is 0 Å². The summed E-state index contributed by atoms with van der Waals surface area (Å²) in [6.45, 7) is 6.28. The van der Waals surface area contributed by atoms with E-state index in [4.69, 9.17) is 32.9 Å². The third-order valence-corrected chi connectivity index (χ3v) is 14.4. The van der Waals surface area contributed by atoms with Gasteiger partial charge in [-0.2, -0.15) is 0 Å². The molecule has 15 heteroatoms. The number of ether oxygens (including phenoxy) is 1. The van der Waals surface area contributed by atoms with Gasteiger partial charge in [-0.1, -0.05) is 96.0 Å². The molecule has 3 N–H and O–H groups in total. The van der Waals surface area contributed by atoms with Gasteiger partial charge in [0.25, 0.3) is 0 Å². The molecule has 3 aliphatic heterocycles. The SMILES string of the molecule is CB(O)N1CCC(c2ccc(Cl)cc2)(c2ccc(-c3ncnc4c3ncn4C3CCCCO3)cc2)CC1.Clc1ccc(C2(c3ccc(-c4ncnc5nc[nH]c45)cc3)CCNCC2)cc1. The fourth-order valence-electron chi connectivity index (χ4n) is 10.3. The number of piperidine rings is 2. The highest BCUT2D eigenvalue weighted by Crippen LogP contribution is 2.44. The fraction of sp³-hybridized carbons (Fsp3) is 0.320. The average Bonchev–Trinajstić information content (AvgIpc) is 4.04. The topological polar surface area (TPSA) is 143 Å². The van der Waals surface area contributed by atoms with Gasteiger partial charge in [0.15, 0.2) is 11.3 Å². The Balaban J connectivity index is 0.000000159. The van der Waals surface area contributed by atoms with Crippen LogP contribution in [0.25, 0.3) is 44.8 Å². The number of nitrogens with zero attached hydrogens (tertiary/aromatic N) is 8. The van der Waals surface area contributed by atoms with Crippen molar-refractivity contribution in [3.05, 3.63) is 155 Å². The largest absolute Gasteiger partial charge is 0.437 e. The third-order valence-electron chi connectivity index (χ3n) is 13.9. The summed E-state index contributed by atoms with van der Waals surface area (Å²) in [6, 6.07) is 34.0. The number of benzene rings is 4. The number of halogens is 2. The molecular weight excluding hydrogens is 854 g/mol. The summed E-state index contributed by atoms with van der Waals surface area (Å²) in [5, 5.41) is 15.1. The van der Waals surface area contributed by atoms with Gasteiger partial charge in [0.05, 0.1) is 18.3 Å². The number of rotatable bonds is 8. The third kappa shape index (κ3) is 8.57. The highest BCUT2D eigenvalue weighted by molar-refractivity contribution is 6.45. The second-order valence-electron chi connectivity index (χ2n) is 17.4. The lowest BCUT2D eigenvalue weighted by molar-refractivity contribution is -0.0298. The Kier molecular flexibility index (Phi) is 12.5. The maximum absolute atomic E-state index is 10.1. The smallest absolute Gasteiger partial charge is 0.376 e. The minimum Gasteiger partial charge on any atom is -0.437 e. The van der Waals surface area contributed by atoms with Gasteiger partial charge in [0.1, 0.15) is 35.6 Å². The lowest BCUT2D eigenvalue weighted by Gasteiger charge is -2.43. The van der Waals surface area contributed by atoms with Crippen molar-refractivity contribution >= 4 is 52.6 Å². The average molecular weight is 906 g/mol. The maximum Gasteiger partial charge on any atom is 0.376 e. The van der Waals surface area contributed by atoms with Crippen LogP contribution in [0.1, 0.15) is 73.4 Å². The molecule has 330 valence electrons. The highest BCUT2D eigenvalue weighted by atomic mass is 35.5. The molecule has 0 saturated carbocycles. The van der Waals surface area contributed by atoms with Gasteiger partial charge >= 0.3 is 7.05 Å². The van der Waals surface area contributed by atoms with Crippen LogP contribution in [-0.2, 0) is 15.6 Å². The Hall–Kier alpha value is -5.54. The van der Waals surface area contributed by atoms with E-state index in [1.807, 2.05) is 42.0 Å². The molecule has 0 radical (unpaired) electrons. The molecule has 4 aromatic carbocycles. The molecular formula is C50H51BCl2N10O2. The standard InChI is InChI=1S/C28H31BClN5O2.C22H20ClN5/c1-29(36)34-15-13-28(14-16-34,22-9-11-23(30)12-10-22)21-7-5-20(6-8-21)25-26-27(32-18-31-25)35(19-33-26)24-4-2-3-17-37-24;23-18-7-5-17(6-8-18)22(9-11-24-12-10-22)16-3-1-15(2-4-16)19-20-21(27-13-25-19)28-14-26-20/h5-12,18-19,24,36H,2-4,13-17H2,1H3;1-8,13-14,24H,9-12H2,(H,25,26,27,28). The molecule has 1 atom stereocenters. The Labute approximate surface area is 389 Å². The summed E-state index contributed by atoms with van der Waals surface area (Å²) in [5.74, 6) is 0. The first-order valence-corrected chi connectivity index (χ1v) is 23.4. The molecule has 1 unspecified atom stereocenters. The van der Waals surface area contributed by atoms with Gasteiger partial charge in [-0.15, -0.1) is 0 Å². The van der Waals surface area contributed by atoms with E-state index in [0.29, 0.717) is 5.65 Å². The molecule has 8 aromatic rings. The van der Waals surface area contributed by atoms with E-state index in [9.17, 15) is 5.02 Å². The Morgan fingerprint density at radius 3 is 1.80 bits per heavy atom. The maximum atomic E-state index is 10.1. The minimum absolute atomic E-state index is 0.00332. The van der Waals surface area contributed by atoms with Crippen LogP contribution in [0.5, 0.6) is 0 Å². The molecule has 0 spiro atoms. The Morgan fingerprint density at radius 1 is 0.662 bits per heavy atom. The van der Waals surface area contributed by atoms with E-state index >= 15 is 0 Å². The van der Waals surface area contributed by atoms with Crippen LogP contribution in [0.2, 0.25) is 16.9 Å². The van der Waals surface area contributed by atoms with E-state index in [0.717, 1.165) is 127 Å². The van der Waals surface area contributed by atoms with Crippen molar-refractivity contribution in [3.8, 4) is 22.5 Å². The van der Waals surface area contributed by atoms with Gasteiger partial charge < -0.3 is 24.9 Å². The predicted octanol–water partition coefficient (Wildman–Crippen LogP) is 9.68. The van der Waals surface area contributed by atoms with Gasteiger partial charge in [0.2, 0.25) is 0 Å². The molecule has 65 heavy (non-hydrogen) atoms. The highest BCUT2D eigenvalue weighted by Gasteiger charge is 2.39. The predicted molar refractivity (Wildman–Crippen MR) is 258 cm³/mol. The van der Waals surface area contributed by atoms with Crippen LogP contribution in [0.3, 0.4) is 0 Å². The Morgan fingerprint density at radius 2 is 1.22 bits per heavy atom. The van der Waals surface area contributed by atoms with Crippen LogP contribution in [0.15, 0.2) is 122 Å². The van der Waals surface area contributed by atoms with E-state index in [1.54, 1.807) is 19.0 Å². The molecule has 11 rings (SSSR count). The first-order chi connectivity index (χ1) is 31.8. The number of hydrogen-bond acceptors (Lipinski definition) is 10. The summed E-state index contributed by atoms with van der Waals surface area (Å²) in [4.78, 5) is 32.0. The van der Waals surface area contributed by atoms with E-state index in [2.05, 4.69) is 113 Å². The van der Waals surface area contributed by atoms with E-state index in [-0.39, 0.29) is 17.1 Å². The fourth-order valence-corrected chi connectivity index (χ4v) is 10.5. The van der Waals surface area contributed by atoms with Gasteiger partial charge in [-0.05, 0) is 124 Å². The van der Waals surface area contributed by atoms with Crippen molar-refractivity contribution in [2.24, 2.45) is 0 Å². The van der Waals surface area contributed by atoms with Crippen molar-refractivity contribution < 1.29 is 9.76 Å². The second kappa shape index (κ2) is 18.8. The number of hydrogen-bond donors (Lipinski definition) is 3. The summed E-state index contributed by atoms with van der Waals surface area (Å²) < 4.78 is 8.02. The summed E-state index contributed by atoms with van der Waals surface area (Å²) >= 11 is 12.4. The normalized spacial score (nSPS) is 18.6. The van der Waals surface area contributed by atoms with Crippen LogP contribution in [-0.4, -0.2) is 89.1 Å². The van der Waals surface area contributed by atoms with Gasteiger partial charge in [-0.3, -0.25) is 4.57 Å². The lowest BCUT2D eigenvalue weighted by Crippen LogP contribution is -2.48. The molecule has 12 nitrogen and oxygen atoms in total. The first kappa shape index (κ1) is 43.4. The van der Waals surface area contributed by atoms with E-state index < -0.39 is 7.05 Å². The van der Waals surface area contributed by atoms with Crippen LogP contribution in [0, 0.1) is 0 Å². The molecule has 3 fully saturated rings. The molecule has 0 aliphatic carbocycles. The molecule has 3 saturated heterocycles. The molecule has 4 aromatic heterocycles. The molecule has 3 aliphatic rings. The molecule has 0 amide bonds. The second-order valence-corrected chi connectivity index (χ2v) is 18.3. The van der Waals surface area contributed by atoms with E-state index in [1.165, 1.54) is 22.3 Å². The van der Waals surface area contributed by atoms with Gasteiger partial charge in [0, 0.05) is 38.6 Å². The monoisotopic (exact) mass is 904 g/mol. The number of imidazole rings is 2. The number of fused-ring (bicyclic) bond motifs is 2. The Bertz CT molecular complexity index is 2850. The van der Waals surface area contributed by atoms with Crippen molar-refractivity contribution in [1.82, 2.24) is 49.6 Å². The van der Waals surface area contributed by atoms with Crippen LogP contribution in [0.4, 0.5) is 0 Å². The quantitative estimate of drug-likeness (QED) is 0.126. The zero-order chi connectivity index (χ0) is 44.4. The lowest BCUT2D eigenvalue weighted by atomic mass is 9.66. The summed E-state index contributed by atoms with van der Waals surface area (Å²) in [7, 11) is -0.440. The first-order valence-electron chi connectivity index (χ1n) is 22.6. The van der Waals surface area contributed by atoms with Crippen molar-refractivity contribution in [2.45, 2.75) is 68.8 Å². The molecule has 7 heterocycles. The minimum atomic E-state index is -0.440. The van der Waals surface area contributed by atoms with Gasteiger partial charge in [-0.25, -0.2) is 29.9 Å². The number of H-pyrrole nitrogens is 1. The van der Waals surface area contributed by atoms with Crippen molar-refractivity contribution in [2.75, 3.05) is 32.8 Å². The van der Waals surface area contributed by atoms with Crippen LogP contribution >= 0.6 is 23.2 Å². The zero-order valence-corrected chi connectivity index (χ0v) is 37.9. The number of nitrogens with one attached hydrogen (secondary N) is 2. The summed E-state index contributed by atoms with van der Waals surface area (Å²) in [6.07, 6.45) is 13.8. The number of aromatic amines is 1. The molecule has 0 bridgehead atoms.